The number of aromatic nitrogens is 3. The highest BCUT2D eigenvalue weighted by atomic mass is 16.5. The van der Waals surface area contributed by atoms with E-state index in [1.165, 1.54) is 0 Å². The molecule has 2 rings (SSSR count). The van der Waals surface area contributed by atoms with Crippen molar-refractivity contribution in [3.8, 4) is 5.69 Å². The molecule has 0 bridgehead atoms. The van der Waals surface area contributed by atoms with Gasteiger partial charge in [0.1, 0.15) is 5.69 Å². The van der Waals surface area contributed by atoms with E-state index in [1.54, 1.807) is 28.9 Å². The van der Waals surface area contributed by atoms with E-state index in [-0.39, 0.29) is 5.97 Å². The van der Waals surface area contributed by atoms with Crippen molar-refractivity contribution in [1.29, 1.82) is 0 Å². The summed E-state index contributed by atoms with van der Waals surface area (Å²) in [4.78, 5) is 22.8. The Morgan fingerprint density at radius 2 is 2.19 bits per heavy atom. The van der Waals surface area contributed by atoms with E-state index < -0.39 is 0 Å². The number of aldehydes is 1. The largest absolute Gasteiger partial charge is 0.462 e. The molecular weight excluding hydrogens is 270 g/mol. The van der Waals surface area contributed by atoms with Crippen molar-refractivity contribution in [2.45, 2.75) is 26.7 Å². The average molecular weight is 287 g/mol. The Kier molecular flexibility index (Phi) is 4.81. The minimum Gasteiger partial charge on any atom is -0.462 e. The molecule has 1 heterocycles. The summed E-state index contributed by atoms with van der Waals surface area (Å²) in [6.45, 7) is 4.25. The first-order chi connectivity index (χ1) is 10.2. The summed E-state index contributed by atoms with van der Waals surface area (Å²) in [6.07, 6.45) is 2.07. The van der Waals surface area contributed by atoms with Crippen LogP contribution in [0, 0.1) is 0 Å². The molecule has 0 fully saturated rings. The molecule has 0 radical (unpaired) electrons. The third-order valence-corrected chi connectivity index (χ3v) is 3.00. The zero-order valence-corrected chi connectivity index (χ0v) is 12.1. The standard InChI is InChI=1S/C15H17N3O3/c1-3-8-21-15(20)11-6-5-7-12(9-11)18-14(4-2)13(10-19)16-17-18/h5-7,9-10H,3-4,8H2,1-2H3. The van der Waals surface area contributed by atoms with E-state index in [0.29, 0.717) is 42.0 Å². The number of nitrogens with zero attached hydrogens (tertiary/aromatic N) is 3. The van der Waals surface area contributed by atoms with Crippen LogP contribution in [0.1, 0.15) is 46.8 Å². The van der Waals surface area contributed by atoms with Crippen molar-refractivity contribution in [2.75, 3.05) is 6.61 Å². The number of carbonyl (C=O) groups is 2. The van der Waals surface area contributed by atoms with Gasteiger partial charge in [0.15, 0.2) is 6.29 Å². The number of esters is 1. The fraction of sp³-hybridized carbons (Fsp3) is 0.333. The number of benzene rings is 1. The highest BCUT2D eigenvalue weighted by molar-refractivity contribution is 5.90. The van der Waals surface area contributed by atoms with E-state index in [9.17, 15) is 9.59 Å². The van der Waals surface area contributed by atoms with Crippen molar-refractivity contribution in [1.82, 2.24) is 15.0 Å². The lowest BCUT2D eigenvalue weighted by atomic mass is 10.2. The van der Waals surface area contributed by atoms with Crippen LogP contribution in [-0.2, 0) is 11.2 Å². The van der Waals surface area contributed by atoms with E-state index in [0.717, 1.165) is 6.42 Å². The lowest BCUT2D eigenvalue weighted by Crippen LogP contribution is -2.08. The Morgan fingerprint density at radius 1 is 1.38 bits per heavy atom. The van der Waals surface area contributed by atoms with Crippen molar-refractivity contribution in [3.05, 3.63) is 41.2 Å². The van der Waals surface area contributed by atoms with Gasteiger partial charge in [-0.2, -0.15) is 0 Å². The van der Waals surface area contributed by atoms with Crippen LogP contribution in [0.25, 0.3) is 5.69 Å². The van der Waals surface area contributed by atoms with Crippen LogP contribution in [0.5, 0.6) is 0 Å². The van der Waals surface area contributed by atoms with Gasteiger partial charge in [0, 0.05) is 0 Å². The maximum absolute atomic E-state index is 11.9. The topological polar surface area (TPSA) is 74.1 Å². The monoisotopic (exact) mass is 287 g/mol. The molecule has 0 saturated carbocycles. The Bertz CT molecular complexity index is 649. The van der Waals surface area contributed by atoms with Crippen molar-refractivity contribution >= 4 is 12.3 Å². The van der Waals surface area contributed by atoms with Crippen LogP contribution >= 0.6 is 0 Å². The fourth-order valence-corrected chi connectivity index (χ4v) is 1.99. The van der Waals surface area contributed by atoms with E-state index in [4.69, 9.17) is 4.74 Å². The first kappa shape index (κ1) is 14.9. The maximum atomic E-state index is 11.9. The quantitative estimate of drug-likeness (QED) is 0.601. The Labute approximate surface area is 122 Å². The first-order valence-electron chi connectivity index (χ1n) is 6.88. The summed E-state index contributed by atoms with van der Waals surface area (Å²) in [5.41, 5.74) is 2.16. The number of carbonyl (C=O) groups excluding carboxylic acids is 2. The number of rotatable bonds is 6. The van der Waals surface area contributed by atoms with Crippen LogP contribution in [0.3, 0.4) is 0 Å². The zero-order chi connectivity index (χ0) is 15.2. The van der Waals surface area contributed by atoms with Crippen molar-refractivity contribution in [3.63, 3.8) is 0 Å². The lowest BCUT2D eigenvalue weighted by molar-refractivity contribution is 0.0505. The number of hydrogen-bond donors (Lipinski definition) is 0. The van der Waals surface area contributed by atoms with Gasteiger partial charge in [0.05, 0.1) is 23.6 Å². The summed E-state index contributed by atoms with van der Waals surface area (Å²) in [6, 6.07) is 6.92. The van der Waals surface area contributed by atoms with Crippen molar-refractivity contribution < 1.29 is 14.3 Å². The lowest BCUT2D eigenvalue weighted by Gasteiger charge is -2.07. The molecule has 2 aromatic rings. The Balaban J connectivity index is 2.35. The van der Waals surface area contributed by atoms with Gasteiger partial charge in [-0.15, -0.1) is 5.10 Å². The number of ether oxygens (including phenoxy) is 1. The second-order valence-corrected chi connectivity index (χ2v) is 4.49. The molecular formula is C15H17N3O3. The molecule has 0 N–H and O–H groups in total. The number of hydrogen-bond acceptors (Lipinski definition) is 5. The molecule has 6 nitrogen and oxygen atoms in total. The molecule has 6 heteroatoms. The minimum absolute atomic E-state index is 0.316. The van der Waals surface area contributed by atoms with Gasteiger partial charge in [-0.25, -0.2) is 9.48 Å². The van der Waals surface area contributed by atoms with Crippen LogP contribution in [0.15, 0.2) is 24.3 Å². The molecule has 1 aromatic carbocycles. The molecule has 0 aliphatic carbocycles. The molecule has 0 spiro atoms. The molecule has 0 saturated heterocycles. The van der Waals surface area contributed by atoms with Gasteiger partial charge in [-0.05, 0) is 31.0 Å². The third-order valence-electron chi connectivity index (χ3n) is 3.00. The van der Waals surface area contributed by atoms with Gasteiger partial charge in [-0.1, -0.05) is 25.1 Å². The molecule has 0 unspecified atom stereocenters. The second kappa shape index (κ2) is 6.78. The minimum atomic E-state index is -0.368. The molecule has 21 heavy (non-hydrogen) atoms. The summed E-state index contributed by atoms with van der Waals surface area (Å²) in [5.74, 6) is -0.368. The van der Waals surface area contributed by atoms with Gasteiger partial charge in [-0.3, -0.25) is 4.79 Å². The summed E-state index contributed by atoms with van der Waals surface area (Å²) in [5, 5.41) is 7.81. The maximum Gasteiger partial charge on any atom is 0.338 e. The van der Waals surface area contributed by atoms with Gasteiger partial charge in [0.2, 0.25) is 0 Å². The Hall–Kier alpha value is -2.50. The van der Waals surface area contributed by atoms with Gasteiger partial charge in [0.25, 0.3) is 0 Å². The fourth-order valence-electron chi connectivity index (χ4n) is 1.99. The highest BCUT2D eigenvalue weighted by Crippen LogP contribution is 2.15. The van der Waals surface area contributed by atoms with E-state index in [2.05, 4.69) is 10.3 Å². The van der Waals surface area contributed by atoms with E-state index in [1.807, 2.05) is 13.8 Å². The SMILES string of the molecule is CCCOC(=O)c1cccc(-n2nnc(C=O)c2CC)c1. The van der Waals surface area contributed by atoms with Gasteiger partial charge < -0.3 is 4.74 Å². The Morgan fingerprint density at radius 3 is 2.86 bits per heavy atom. The average Bonchev–Trinajstić information content (AvgIpc) is 2.95. The van der Waals surface area contributed by atoms with Crippen LogP contribution in [-0.4, -0.2) is 33.9 Å². The first-order valence-corrected chi connectivity index (χ1v) is 6.88. The van der Waals surface area contributed by atoms with E-state index >= 15 is 0 Å². The molecule has 0 atom stereocenters. The molecule has 110 valence electrons. The molecule has 1 aromatic heterocycles. The molecule has 0 aliphatic rings. The van der Waals surface area contributed by atoms with Crippen molar-refractivity contribution in [2.24, 2.45) is 0 Å². The van der Waals surface area contributed by atoms with Crippen LogP contribution in [0.4, 0.5) is 0 Å². The summed E-state index contributed by atoms with van der Waals surface area (Å²) >= 11 is 0. The summed E-state index contributed by atoms with van der Waals surface area (Å²) < 4.78 is 6.68. The molecule has 0 aliphatic heterocycles. The summed E-state index contributed by atoms with van der Waals surface area (Å²) in [7, 11) is 0. The second-order valence-electron chi connectivity index (χ2n) is 4.49. The zero-order valence-electron chi connectivity index (χ0n) is 12.1. The van der Waals surface area contributed by atoms with Gasteiger partial charge >= 0.3 is 5.97 Å². The predicted octanol–water partition coefficient (Wildman–Crippen LogP) is 2.21. The smallest absolute Gasteiger partial charge is 0.338 e. The predicted molar refractivity (Wildman–Crippen MR) is 76.7 cm³/mol. The van der Waals surface area contributed by atoms with Crippen LogP contribution in [0.2, 0.25) is 0 Å². The molecule has 0 amide bonds. The highest BCUT2D eigenvalue weighted by Gasteiger charge is 2.14. The van der Waals surface area contributed by atoms with Crippen LogP contribution < -0.4 is 0 Å². The normalized spacial score (nSPS) is 10.4. The third kappa shape index (κ3) is 3.16.